The summed E-state index contributed by atoms with van der Waals surface area (Å²) in [5, 5.41) is 0. The van der Waals surface area contributed by atoms with Crippen molar-refractivity contribution in [3.8, 4) is 16.9 Å². The van der Waals surface area contributed by atoms with Crippen molar-refractivity contribution in [3.63, 3.8) is 0 Å². The molecule has 7 heteroatoms. The zero-order valence-corrected chi connectivity index (χ0v) is 11.3. The van der Waals surface area contributed by atoms with E-state index in [0.717, 1.165) is 5.56 Å². The summed E-state index contributed by atoms with van der Waals surface area (Å²) in [5.41, 5.74) is 2.51. The van der Waals surface area contributed by atoms with Crippen LogP contribution in [-0.2, 0) is 7.05 Å². The molecule has 0 radical (unpaired) electrons. The van der Waals surface area contributed by atoms with Crippen LogP contribution >= 0.6 is 0 Å². The number of rotatable bonds is 2. The third-order valence-corrected chi connectivity index (χ3v) is 3.21. The molecule has 0 aliphatic rings. The van der Waals surface area contributed by atoms with Gasteiger partial charge in [-0.05, 0) is 35.4 Å². The Morgan fingerprint density at radius 1 is 1.05 bits per heavy atom. The SMILES string of the molecule is Cn1c(=O)oc2ccc(-c3ccc(OC(F)(F)F)cc3)cc21. The van der Waals surface area contributed by atoms with E-state index in [-0.39, 0.29) is 5.75 Å². The first-order valence-corrected chi connectivity index (χ1v) is 6.29. The van der Waals surface area contributed by atoms with Crippen LogP contribution in [0.5, 0.6) is 5.75 Å². The lowest BCUT2D eigenvalue weighted by Crippen LogP contribution is -2.16. The van der Waals surface area contributed by atoms with Crippen molar-refractivity contribution in [1.29, 1.82) is 0 Å². The summed E-state index contributed by atoms with van der Waals surface area (Å²) >= 11 is 0. The Morgan fingerprint density at radius 3 is 2.32 bits per heavy atom. The molecule has 22 heavy (non-hydrogen) atoms. The average molecular weight is 309 g/mol. The Kier molecular flexibility index (Phi) is 3.20. The minimum absolute atomic E-state index is 0.284. The molecule has 0 aliphatic heterocycles. The topological polar surface area (TPSA) is 44.4 Å². The molecule has 1 aromatic heterocycles. The van der Waals surface area contributed by atoms with Gasteiger partial charge in [0.1, 0.15) is 5.75 Å². The lowest BCUT2D eigenvalue weighted by Gasteiger charge is -2.09. The number of hydrogen-bond donors (Lipinski definition) is 0. The number of fused-ring (bicyclic) bond motifs is 1. The van der Waals surface area contributed by atoms with Crippen LogP contribution in [0.25, 0.3) is 22.2 Å². The summed E-state index contributed by atoms with van der Waals surface area (Å²) in [6.07, 6.45) is -4.71. The van der Waals surface area contributed by atoms with Gasteiger partial charge in [0.15, 0.2) is 5.58 Å². The van der Waals surface area contributed by atoms with Crippen LogP contribution in [0.2, 0.25) is 0 Å². The highest BCUT2D eigenvalue weighted by atomic mass is 19.4. The average Bonchev–Trinajstić information content (AvgIpc) is 2.73. The van der Waals surface area contributed by atoms with Crippen molar-refractivity contribution >= 4 is 11.1 Å². The molecular formula is C15H10F3NO3. The number of halogens is 3. The number of ether oxygens (including phenoxy) is 1. The minimum Gasteiger partial charge on any atom is -0.408 e. The quantitative estimate of drug-likeness (QED) is 0.725. The Hall–Kier alpha value is -2.70. The smallest absolute Gasteiger partial charge is 0.408 e. The van der Waals surface area contributed by atoms with E-state index in [1.807, 2.05) is 0 Å². The monoisotopic (exact) mass is 309 g/mol. The number of benzene rings is 2. The van der Waals surface area contributed by atoms with E-state index in [9.17, 15) is 18.0 Å². The molecule has 0 N–H and O–H groups in total. The summed E-state index contributed by atoms with van der Waals surface area (Å²) in [4.78, 5) is 11.4. The van der Waals surface area contributed by atoms with Gasteiger partial charge in [0.2, 0.25) is 0 Å². The number of hydrogen-bond acceptors (Lipinski definition) is 3. The van der Waals surface area contributed by atoms with Gasteiger partial charge in [0, 0.05) is 7.05 Å². The van der Waals surface area contributed by atoms with Gasteiger partial charge in [-0.15, -0.1) is 13.2 Å². The van der Waals surface area contributed by atoms with Gasteiger partial charge in [-0.3, -0.25) is 4.57 Å². The second-order valence-electron chi connectivity index (χ2n) is 4.68. The maximum Gasteiger partial charge on any atom is 0.573 e. The predicted octanol–water partition coefficient (Wildman–Crippen LogP) is 3.70. The van der Waals surface area contributed by atoms with Crippen LogP contribution in [0.1, 0.15) is 0 Å². The highest BCUT2D eigenvalue weighted by molar-refractivity contribution is 5.80. The predicted molar refractivity (Wildman–Crippen MR) is 73.6 cm³/mol. The van der Waals surface area contributed by atoms with Crippen LogP contribution in [0.4, 0.5) is 13.2 Å². The first-order chi connectivity index (χ1) is 10.3. The van der Waals surface area contributed by atoms with Crippen molar-refractivity contribution in [2.75, 3.05) is 0 Å². The molecule has 0 saturated carbocycles. The minimum atomic E-state index is -4.71. The van der Waals surface area contributed by atoms with E-state index >= 15 is 0 Å². The number of nitrogens with zero attached hydrogens (tertiary/aromatic N) is 1. The molecule has 0 spiro atoms. The molecule has 0 bridgehead atoms. The Labute approximate surface area is 122 Å². The normalized spacial score (nSPS) is 11.8. The van der Waals surface area contributed by atoms with E-state index in [1.165, 1.54) is 28.8 Å². The number of alkyl halides is 3. The van der Waals surface area contributed by atoms with Gasteiger partial charge >= 0.3 is 12.1 Å². The van der Waals surface area contributed by atoms with Crippen LogP contribution in [-0.4, -0.2) is 10.9 Å². The van der Waals surface area contributed by atoms with Gasteiger partial charge in [-0.1, -0.05) is 18.2 Å². The lowest BCUT2D eigenvalue weighted by molar-refractivity contribution is -0.274. The van der Waals surface area contributed by atoms with Crippen LogP contribution in [0.15, 0.2) is 51.7 Å². The number of aryl methyl sites for hydroxylation is 1. The Morgan fingerprint density at radius 2 is 1.68 bits per heavy atom. The maximum absolute atomic E-state index is 12.1. The van der Waals surface area contributed by atoms with Gasteiger partial charge in [0.25, 0.3) is 0 Å². The van der Waals surface area contributed by atoms with Crippen molar-refractivity contribution in [1.82, 2.24) is 4.57 Å². The van der Waals surface area contributed by atoms with Gasteiger partial charge in [0.05, 0.1) is 5.52 Å². The van der Waals surface area contributed by atoms with Crippen molar-refractivity contribution in [2.45, 2.75) is 6.36 Å². The molecule has 2 aromatic carbocycles. The van der Waals surface area contributed by atoms with Crippen molar-refractivity contribution in [3.05, 3.63) is 53.0 Å². The first-order valence-electron chi connectivity index (χ1n) is 6.29. The molecule has 3 rings (SSSR count). The molecule has 0 atom stereocenters. The van der Waals surface area contributed by atoms with Crippen LogP contribution in [0.3, 0.4) is 0 Å². The highest BCUT2D eigenvalue weighted by Crippen LogP contribution is 2.28. The summed E-state index contributed by atoms with van der Waals surface area (Å²) in [6.45, 7) is 0. The van der Waals surface area contributed by atoms with E-state index in [4.69, 9.17) is 4.42 Å². The summed E-state index contributed by atoms with van der Waals surface area (Å²) in [7, 11) is 1.58. The third-order valence-electron chi connectivity index (χ3n) is 3.21. The molecule has 114 valence electrons. The standard InChI is InChI=1S/C15H10F3NO3/c1-19-12-8-10(4-7-13(12)21-14(19)20)9-2-5-11(6-3-9)22-15(16,17)18/h2-8H,1H3. The highest BCUT2D eigenvalue weighted by Gasteiger charge is 2.30. The van der Waals surface area contributed by atoms with Crippen molar-refractivity contribution < 1.29 is 22.3 Å². The lowest BCUT2D eigenvalue weighted by atomic mass is 10.1. The second kappa shape index (κ2) is 4.94. The second-order valence-corrected chi connectivity index (χ2v) is 4.68. The fraction of sp³-hybridized carbons (Fsp3) is 0.133. The molecule has 0 saturated heterocycles. The summed E-state index contributed by atoms with van der Waals surface area (Å²) in [6, 6.07) is 10.6. The summed E-state index contributed by atoms with van der Waals surface area (Å²) < 4.78 is 46.6. The van der Waals surface area contributed by atoms with E-state index in [0.29, 0.717) is 16.7 Å². The summed E-state index contributed by atoms with van der Waals surface area (Å²) in [5.74, 6) is -0.755. The van der Waals surface area contributed by atoms with E-state index in [2.05, 4.69) is 4.74 Å². The third kappa shape index (κ3) is 2.69. The largest absolute Gasteiger partial charge is 0.573 e. The fourth-order valence-corrected chi connectivity index (χ4v) is 2.16. The van der Waals surface area contributed by atoms with Gasteiger partial charge < -0.3 is 9.15 Å². The number of aromatic nitrogens is 1. The van der Waals surface area contributed by atoms with Gasteiger partial charge in [-0.2, -0.15) is 0 Å². The zero-order valence-electron chi connectivity index (χ0n) is 11.3. The molecule has 3 aromatic rings. The molecule has 4 nitrogen and oxygen atoms in total. The van der Waals surface area contributed by atoms with E-state index in [1.54, 1.807) is 25.2 Å². The Bertz CT molecular complexity index is 876. The van der Waals surface area contributed by atoms with Gasteiger partial charge in [-0.25, -0.2) is 4.79 Å². The maximum atomic E-state index is 12.1. The van der Waals surface area contributed by atoms with E-state index < -0.39 is 12.1 Å². The molecule has 1 heterocycles. The molecular weight excluding hydrogens is 299 g/mol. The van der Waals surface area contributed by atoms with Crippen molar-refractivity contribution in [2.24, 2.45) is 7.05 Å². The zero-order chi connectivity index (χ0) is 15.9. The number of oxazole rings is 1. The molecule has 0 fully saturated rings. The fourth-order valence-electron chi connectivity index (χ4n) is 2.16. The Balaban J connectivity index is 1.97. The van der Waals surface area contributed by atoms with Crippen LogP contribution < -0.4 is 10.5 Å². The first kappa shape index (κ1) is 14.2. The molecule has 0 aliphatic carbocycles. The molecule has 0 amide bonds. The molecule has 0 unspecified atom stereocenters. The van der Waals surface area contributed by atoms with Crippen LogP contribution in [0, 0.1) is 0 Å².